The number of hydrogen-bond donors (Lipinski definition) is 2. The van der Waals surface area contributed by atoms with E-state index in [2.05, 4.69) is 18.7 Å². The molecule has 0 spiro atoms. The summed E-state index contributed by atoms with van der Waals surface area (Å²) in [7, 11) is 0. The predicted octanol–water partition coefficient (Wildman–Crippen LogP) is 4.22. The van der Waals surface area contributed by atoms with Crippen LogP contribution in [0.15, 0.2) is 12.1 Å². The van der Waals surface area contributed by atoms with Crippen LogP contribution in [0.25, 0.3) is 0 Å². The molecule has 2 N–H and O–H groups in total. The van der Waals surface area contributed by atoms with Crippen LogP contribution in [-0.4, -0.2) is 34.7 Å². The highest BCUT2D eigenvalue weighted by atomic mass is 79.9. The summed E-state index contributed by atoms with van der Waals surface area (Å²) in [5, 5.41) is 19.7. The second-order valence-electron chi connectivity index (χ2n) is 5.89. The molecule has 4 heteroatoms. The molecule has 0 amide bonds. The number of hydrogen-bond acceptors (Lipinski definition) is 3. The fraction of sp³-hybridized carbons (Fsp3) is 0.647. The maximum Gasteiger partial charge on any atom is 0.160 e. The average molecular weight is 358 g/mol. The summed E-state index contributed by atoms with van der Waals surface area (Å²) in [6, 6.07) is 3.64. The van der Waals surface area contributed by atoms with E-state index in [-0.39, 0.29) is 28.5 Å². The smallest absolute Gasteiger partial charge is 0.160 e. The van der Waals surface area contributed by atoms with Gasteiger partial charge in [0.2, 0.25) is 0 Å². The van der Waals surface area contributed by atoms with E-state index in [0.29, 0.717) is 5.92 Å². The molecule has 1 aromatic carbocycles. The lowest BCUT2D eigenvalue weighted by atomic mass is 9.82. The third-order valence-corrected chi connectivity index (χ3v) is 4.28. The van der Waals surface area contributed by atoms with Crippen molar-refractivity contribution in [3.63, 3.8) is 0 Å². The van der Waals surface area contributed by atoms with Gasteiger partial charge in [0.05, 0.1) is 0 Å². The number of halogens is 1. The number of fused-ring (bicyclic) bond motifs is 1. The van der Waals surface area contributed by atoms with Crippen LogP contribution in [0.2, 0.25) is 0 Å². The summed E-state index contributed by atoms with van der Waals surface area (Å²) in [4.78, 5) is 2.53. The first kappa shape index (κ1) is 18.3. The van der Waals surface area contributed by atoms with E-state index in [0.717, 1.165) is 38.0 Å². The van der Waals surface area contributed by atoms with Crippen molar-refractivity contribution >= 4 is 17.0 Å². The fourth-order valence-corrected chi connectivity index (χ4v) is 3.39. The van der Waals surface area contributed by atoms with Gasteiger partial charge < -0.3 is 15.1 Å². The van der Waals surface area contributed by atoms with Gasteiger partial charge in [0.15, 0.2) is 11.5 Å². The van der Waals surface area contributed by atoms with E-state index in [9.17, 15) is 10.2 Å². The molecule has 1 aliphatic rings. The summed E-state index contributed by atoms with van der Waals surface area (Å²) in [5.41, 5.74) is 2.21. The zero-order valence-electron chi connectivity index (χ0n) is 13.1. The molecule has 3 nitrogen and oxygen atoms in total. The Kier molecular flexibility index (Phi) is 7.53. The van der Waals surface area contributed by atoms with Crippen LogP contribution in [0, 0.1) is 0 Å². The molecule has 0 saturated heterocycles. The third-order valence-electron chi connectivity index (χ3n) is 4.28. The Morgan fingerprint density at radius 2 is 1.81 bits per heavy atom. The highest BCUT2D eigenvalue weighted by Gasteiger charge is 2.25. The van der Waals surface area contributed by atoms with E-state index in [4.69, 9.17) is 0 Å². The molecule has 21 heavy (non-hydrogen) atoms. The maximum absolute atomic E-state index is 10.0. The minimum atomic E-state index is 0. The minimum absolute atomic E-state index is 0. The average Bonchev–Trinajstić information content (AvgIpc) is 2.44. The summed E-state index contributed by atoms with van der Waals surface area (Å²) in [6.07, 6.45) is 5.52. The molecule has 0 fully saturated rings. The van der Waals surface area contributed by atoms with Gasteiger partial charge in [-0.1, -0.05) is 19.9 Å². The lowest BCUT2D eigenvalue weighted by Crippen LogP contribution is -2.31. The van der Waals surface area contributed by atoms with Gasteiger partial charge in [-0.05, 0) is 62.7 Å². The predicted molar refractivity (Wildman–Crippen MR) is 92.8 cm³/mol. The van der Waals surface area contributed by atoms with Crippen LogP contribution >= 0.6 is 17.0 Å². The maximum atomic E-state index is 10.0. The van der Waals surface area contributed by atoms with Crippen molar-refractivity contribution in [2.24, 2.45) is 0 Å². The first-order chi connectivity index (χ1) is 9.67. The number of benzene rings is 1. The third kappa shape index (κ3) is 4.36. The quantitative estimate of drug-likeness (QED) is 0.749. The Bertz CT molecular complexity index is 445. The van der Waals surface area contributed by atoms with Crippen molar-refractivity contribution in [2.75, 3.05) is 19.6 Å². The highest BCUT2D eigenvalue weighted by Crippen LogP contribution is 2.40. The second kappa shape index (κ2) is 8.64. The number of rotatable bonds is 6. The molecule has 120 valence electrons. The molecule has 2 rings (SSSR count). The molecule has 0 aliphatic heterocycles. The first-order valence-electron chi connectivity index (χ1n) is 7.93. The second-order valence-corrected chi connectivity index (χ2v) is 5.89. The monoisotopic (exact) mass is 357 g/mol. The Morgan fingerprint density at radius 3 is 2.43 bits per heavy atom. The first-order valence-corrected chi connectivity index (χ1v) is 7.93. The Labute approximate surface area is 138 Å². The number of nitrogens with zero attached hydrogens (tertiary/aromatic N) is 1. The molecule has 0 bridgehead atoms. The normalized spacial score (nSPS) is 17.4. The van der Waals surface area contributed by atoms with E-state index in [1.807, 2.05) is 6.07 Å². The van der Waals surface area contributed by atoms with E-state index < -0.39 is 0 Å². The number of phenols is 2. The Balaban J connectivity index is 0.00000220. The summed E-state index contributed by atoms with van der Waals surface area (Å²) >= 11 is 0. The van der Waals surface area contributed by atoms with E-state index >= 15 is 0 Å². The van der Waals surface area contributed by atoms with Gasteiger partial charge in [-0.15, -0.1) is 17.0 Å². The minimum Gasteiger partial charge on any atom is -0.504 e. The standard InChI is InChI=1S/C17H27NO2.BrH/c1-3-10-18(11-4-2)12-13-6-5-7-15-14(13)8-9-16(19)17(15)20;/h8-9,13,19-20H,3-7,10-12H2,1-2H3;1H. The van der Waals surface area contributed by atoms with Crippen molar-refractivity contribution in [1.82, 2.24) is 4.90 Å². The Morgan fingerprint density at radius 1 is 1.14 bits per heavy atom. The van der Waals surface area contributed by atoms with E-state index in [1.165, 1.54) is 24.8 Å². The van der Waals surface area contributed by atoms with Gasteiger partial charge in [-0.3, -0.25) is 0 Å². The molecular formula is C17H28BrNO2. The van der Waals surface area contributed by atoms with Crippen molar-refractivity contribution in [1.29, 1.82) is 0 Å². The van der Waals surface area contributed by atoms with Crippen LogP contribution in [-0.2, 0) is 6.42 Å². The van der Waals surface area contributed by atoms with Crippen LogP contribution in [0.5, 0.6) is 11.5 Å². The molecule has 0 radical (unpaired) electrons. The summed E-state index contributed by atoms with van der Waals surface area (Å²) in [5.74, 6) is 0.608. The van der Waals surface area contributed by atoms with Crippen LogP contribution in [0.1, 0.15) is 56.6 Å². The zero-order valence-corrected chi connectivity index (χ0v) is 14.9. The van der Waals surface area contributed by atoms with Crippen molar-refractivity contribution < 1.29 is 10.2 Å². The van der Waals surface area contributed by atoms with Gasteiger partial charge in [-0.2, -0.15) is 0 Å². The van der Waals surface area contributed by atoms with Crippen molar-refractivity contribution in [3.8, 4) is 11.5 Å². The molecule has 1 atom stereocenters. The Hall–Kier alpha value is -0.740. The molecule has 1 aliphatic carbocycles. The largest absolute Gasteiger partial charge is 0.504 e. The molecular weight excluding hydrogens is 330 g/mol. The van der Waals surface area contributed by atoms with Crippen LogP contribution < -0.4 is 0 Å². The van der Waals surface area contributed by atoms with Gasteiger partial charge in [-0.25, -0.2) is 0 Å². The molecule has 0 heterocycles. The summed E-state index contributed by atoms with van der Waals surface area (Å²) < 4.78 is 0. The molecule has 0 aromatic heterocycles. The van der Waals surface area contributed by atoms with Gasteiger partial charge >= 0.3 is 0 Å². The molecule has 1 aromatic rings. The zero-order chi connectivity index (χ0) is 14.5. The fourth-order valence-electron chi connectivity index (χ4n) is 3.39. The van der Waals surface area contributed by atoms with Crippen LogP contribution in [0.3, 0.4) is 0 Å². The highest BCUT2D eigenvalue weighted by molar-refractivity contribution is 8.93. The molecule has 0 saturated carbocycles. The number of phenolic OH excluding ortho intramolecular Hbond substituents is 2. The van der Waals surface area contributed by atoms with Crippen LogP contribution in [0.4, 0.5) is 0 Å². The lowest BCUT2D eigenvalue weighted by molar-refractivity contribution is 0.247. The molecule has 1 unspecified atom stereocenters. The topological polar surface area (TPSA) is 43.7 Å². The van der Waals surface area contributed by atoms with Crippen molar-refractivity contribution in [2.45, 2.75) is 51.9 Å². The van der Waals surface area contributed by atoms with E-state index in [1.54, 1.807) is 6.07 Å². The van der Waals surface area contributed by atoms with Gasteiger partial charge in [0.1, 0.15) is 0 Å². The van der Waals surface area contributed by atoms with Gasteiger partial charge in [0.25, 0.3) is 0 Å². The lowest BCUT2D eigenvalue weighted by Gasteiger charge is -2.31. The van der Waals surface area contributed by atoms with Gasteiger partial charge in [0, 0.05) is 12.1 Å². The summed E-state index contributed by atoms with van der Waals surface area (Å²) in [6.45, 7) is 7.80. The number of aromatic hydroxyl groups is 2. The van der Waals surface area contributed by atoms with Crippen molar-refractivity contribution in [3.05, 3.63) is 23.3 Å². The SMILES string of the molecule is Br.CCCN(CCC)CC1CCCc2c1ccc(O)c2O.